The van der Waals surface area contributed by atoms with E-state index >= 15 is 0 Å². The van der Waals surface area contributed by atoms with E-state index in [4.69, 9.17) is 0 Å². The molecule has 0 radical (unpaired) electrons. The van der Waals surface area contributed by atoms with Crippen LogP contribution in [-0.4, -0.2) is 35.6 Å². The Kier molecular flexibility index (Phi) is 9.62. The summed E-state index contributed by atoms with van der Waals surface area (Å²) < 4.78 is 0. The van der Waals surface area contributed by atoms with E-state index in [0.29, 0.717) is 18.7 Å². The molecule has 0 spiro atoms. The van der Waals surface area contributed by atoms with Crippen LogP contribution in [0.15, 0.2) is 133 Å². The van der Waals surface area contributed by atoms with E-state index in [1.54, 1.807) is 12.1 Å². The third kappa shape index (κ3) is 8.09. The minimum Gasteiger partial charge on any atom is -0.478 e. The van der Waals surface area contributed by atoms with Crippen molar-refractivity contribution in [3.63, 3.8) is 0 Å². The molecule has 0 aromatic heterocycles. The van der Waals surface area contributed by atoms with E-state index < -0.39 is 5.97 Å². The molecule has 0 amide bonds. The van der Waals surface area contributed by atoms with Gasteiger partial charge in [-0.3, -0.25) is 4.90 Å². The molecular formula is C39H31NO2. The lowest BCUT2D eigenvalue weighted by molar-refractivity contribution is 0.0697. The summed E-state index contributed by atoms with van der Waals surface area (Å²) in [4.78, 5) is 13.4. The molecule has 0 unspecified atom stereocenters. The highest BCUT2D eigenvalue weighted by molar-refractivity contribution is 5.87. The molecule has 5 aromatic carbocycles. The van der Waals surface area contributed by atoms with Gasteiger partial charge in [-0.2, -0.15) is 0 Å². The molecule has 0 aliphatic rings. The van der Waals surface area contributed by atoms with Gasteiger partial charge in [-0.05, 0) is 70.6 Å². The molecule has 3 nitrogen and oxygen atoms in total. The number of carboxylic acid groups (broad SMARTS) is 1. The van der Waals surface area contributed by atoms with Crippen LogP contribution in [0, 0.1) is 23.7 Å². The second-order valence-corrected chi connectivity index (χ2v) is 9.95. The van der Waals surface area contributed by atoms with E-state index in [1.165, 1.54) is 22.3 Å². The second-order valence-electron chi connectivity index (χ2n) is 9.95. The third-order valence-electron chi connectivity index (χ3n) is 6.97. The van der Waals surface area contributed by atoms with Crippen molar-refractivity contribution in [2.24, 2.45) is 0 Å². The predicted molar refractivity (Wildman–Crippen MR) is 171 cm³/mol. The largest absolute Gasteiger partial charge is 0.478 e. The fourth-order valence-corrected chi connectivity index (χ4v) is 4.58. The van der Waals surface area contributed by atoms with Crippen LogP contribution in [0.3, 0.4) is 0 Å². The molecule has 5 aromatic rings. The number of nitrogens with zero attached hydrogens (tertiary/aromatic N) is 1. The van der Waals surface area contributed by atoms with E-state index in [9.17, 15) is 9.90 Å². The SMILES string of the molecule is O=C(O)c1ccc(CCN(CC#Cc2ccc(-c3ccccc3)cc2)CC#Cc2ccc(-c3ccccc3)cc2)cc1. The van der Waals surface area contributed by atoms with E-state index in [-0.39, 0.29) is 0 Å². The van der Waals surface area contributed by atoms with E-state index in [1.807, 2.05) is 48.5 Å². The van der Waals surface area contributed by atoms with Crippen LogP contribution >= 0.6 is 0 Å². The predicted octanol–water partition coefficient (Wildman–Crippen LogP) is 7.67. The first-order valence-electron chi connectivity index (χ1n) is 14.0. The zero-order valence-corrected chi connectivity index (χ0v) is 23.3. The maximum Gasteiger partial charge on any atom is 0.335 e. The topological polar surface area (TPSA) is 40.5 Å². The molecule has 0 bridgehead atoms. The highest BCUT2D eigenvalue weighted by atomic mass is 16.4. The zero-order valence-electron chi connectivity index (χ0n) is 23.3. The monoisotopic (exact) mass is 545 g/mol. The number of carboxylic acids is 1. The van der Waals surface area contributed by atoms with Gasteiger partial charge in [0.15, 0.2) is 0 Å². The Bertz CT molecular complexity index is 1610. The second kappa shape index (κ2) is 14.3. The van der Waals surface area contributed by atoms with Gasteiger partial charge in [0.1, 0.15) is 0 Å². The summed E-state index contributed by atoms with van der Waals surface area (Å²) in [5.41, 5.74) is 8.04. The average Bonchev–Trinajstić information content (AvgIpc) is 3.05. The van der Waals surface area contributed by atoms with Crippen LogP contribution in [0.2, 0.25) is 0 Å². The first kappa shape index (κ1) is 28.2. The van der Waals surface area contributed by atoms with Gasteiger partial charge < -0.3 is 5.11 Å². The normalized spacial score (nSPS) is 10.3. The van der Waals surface area contributed by atoms with E-state index in [2.05, 4.69) is 101 Å². The van der Waals surface area contributed by atoms with Gasteiger partial charge in [0.2, 0.25) is 0 Å². The van der Waals surface area contributed by atoms with Crippen LogP contribution in [0.1, 0.15) is 27.0 Å². The Morgan fingerprint density at radius 1 is 0.548 bits per heavy atom. The fraction of sp³-hybridized carbons (Fsp3) is 0.103. The maximum absolute atomic E-state index is 11.2. The maximum atomic E-state index is 11.2. The van der Waals surface area contributed by atoms with Gasteiger partial charge in [0, 0.05) is 17.7 Å². The summed E-state index contributed by atoms with van der Waals surface area (Å²) in [6, 6.07) is 44.3. The van der Waals surface area contributed by atoms with Gasteiger partial charge in [0.25, 0.3) is 0 Å². The Labute approximate surface area is 248 Å². The third-order valence-corrected chi connectivity index (χ3v) is 6.97. The highest BCUT2D eigenvalue weighted by Gasteiger charge is 2.05. The van der Waals surface area contributed by atoms with Crippen molar-refractivity contribution in [1.82, 2.24) is 4.90 Å². The van der Waals surface area contributed by atoms with Crippen molar-refractivity contribution < 1.29 is 9.90 Å². The number of hydrogen-bond donors (Lipinski definition) is 1. The number of benzene rings is 5. The number of rotatable bonds is 8. The van der Waals surface area contributed by atoms with Crippen LogP contribution in [0.5, 0.6) is 0 Å². The van der Waals surface area contributed by atoms with E-state index in [0.717, 1.165) is 29.7 Å². The van der Waals surface area contributed by atoms with Gasteiger partial charge >= 0.3 is 5.97 Å². The molecule has 5 rings (SSSR count). The quantitative estimate of drug-likeness (QED) is 0.204. The van der Waals surface area contributed by atoms with Crippen molar-refractivity contribution in [3.8, 4) is 45.9 Å². The first-order chi connectivity index (χ1) is 20.6. The molecule has 3 heteroatoms. The van der Waals surface area contributed by atoms with Gasteiger partial charge in [-0.1, -0.05) is 121 Å². The van der Waals surface area contributed by atoms with Crippen molar-refractivity contribution in [2.75, 3.05) is 19.6 Å². The molecule has 0 saturated carbocycles. The lowest BCUT2D eigenvalue weighted by Crippen LogP contribution is -2.27. The van der Waals surface area contributed by atoms with Gasteiger partial charge in [-0.15, -0.1) is 0 Å². The summed E-state index contributed by atoms with van der Waals surface area (Å²) in [6.07, 6.45) is 0.779. The number of hydrogen-bond acceptors (Lipinski definition) is 2. The molecule has 0 heterocycles. The molecule has 42 heavy (non-hydrogen) atoms. The summed E-state index contributed by atoms with van der Waals surface area (Å²) in [6.45, 7) is 1.92. The van der Waals surface area contributed by atoms with Crippen LogP contribution in [0.25, 0.3) is 22.3 Å². The van der Waals surface area contributed by atoms with Crippen LogP contribution in [0.4, 0.5) is 0 Å². The lowest BCUT2D eigenvalue weighted by atomic mass is 10.0. The Hall–Kier alpha value is -5.35. The smallest absolute Gasteiger partial charge is 0.335 e. The Morgan fingerprint density at radius 3 is 1.40 bits per heavy atom. The Morgan fingerprint density at radius 2 is 0.976 bits per heavy atom. The molecule has 204 valence electrons. The van der Waals surface area contributed by atoms with Crippen molar-refractivity contribution in [3.05, 3.63) is 156 Å². The molecular weight excluding hydrogens is 514 g/mol. The molecule has 0 aliphatic heterocycles. The molecule has 0 saturated heterocycles. The van der Waals surface area contributed by atoms with Crippen molar-refractivity contribution >= 4 is 5.97 Å². The average molecular weight is 546 g/mol. The first-order valence-corrected chi connectivity index (χ1v) is 14.0. The van der Waals surface area contributed by atoms with Crippen molar-refractivity contribution in [1.29, 1.82) is 0 Å². The summed E-state index contributed by atoms with van der Waals surface area (Å²) in [5.74, 6) is 12.3. The summed E-state index contributed by atoms with van der Waals surface area (Å²) in [7, 11) is 0. The molecule has 0 aliphatic carbocycles. The molecule has 0 fully saturated rings. The number of carbonyl (C=O) groups is 1. The highest BCUT2D eigenvalue weighted by Crippen LogP contribution is 2.20. The van der Waals surface area contributed by atoms with Gasteiger partial charge in [-0.25, -0.2) is 4.79 Å². The number of aromatic carboxylic acids is 1. The zero-order chi connectivity index (χ0) is 29.0. The minimum atomic E-state index is -0.915. The van der Waals surface area contributed by atoms with Crippen LogP contribution < -0.4 is 0 Å². The lowest BCUT2D eigenvalue weighted by Gasteiger charge is -2.16. The molecule has 1 N–H and O–H groups in total. The van der Waals surface area contributed by atoms with Crippen LogP contribution in [-0.2, 0) is 6.42 Å². The van der Waals surface area contributed by atoms with Gasteiger partial charge in [0.05, 0.1) is 18.7 Å². The van der Waals surface area contributed by atoms with Crippen molar-refractivity contribution in [2.45, 2.75) is 6.42 Å². The minimum absolute atomic E-state index is 0.295. The summed E-state index contributed by atoms with van der Waals surface area (Å²) >= 11 is 0. The Balaban J connectivity index is 1.25. The standard InChI is InChI=1S/C39H31NO2/c41-39(42)38-25-19-33(20-26-38)27-30-40(28-7-9-31-15-21-36(22-16-31)34-11-3-1-4-12-34)29-8-10-32-17-23-37(24-18-32)35-13-5-2-6-14-35/h1-6,11-26H,27-30H2,(H,41,42). The summed E-state index contributed by atoms with van der Waals surface area (Å²) in [5, 5.41) is 9.18. The molecule has 0 atom stereocenters. The fourth-order valence-electron chi connectivity index (χ4n) is 4.58.